The lowest BCUT2D eigenvalue weighted by Gasteiger charge is -2.29. The minimum atomic E-state index is -0.708. The summed E-state index contributed by atoms with van der Waals surface area (Å²) in [7, 11) is 0. The quantitative estimate of drug-likeness (QED) is 0.596. The molecule has 0 saturated heterocycles. The van der Waals surface area contributed by atoms with Crippen LogP contribution in [0.3, 0.4) is 0 Å². The number of tetrazole rings is 1. The first-order valence-electron chi connectivity index (χ1n) is 11.1. The fraction of sp³-hybridized carbons (Fsp3) is 0.375. The lowest BCUT2D eigenvalue weighted by molar-refractivity contribution is -0.127. The average molecular weight is 451 g/mol. The molecular formula is C24H27FN6O2. The van der Waals surface area contributed by atoms with E-state index in [1.807, 2.05) is 31.2 Å². The molecule has 1 aliphatic carbocycles. The van der Waals surface area contributed by atoms with E-state index in [-0.39, 0.29) is 36.0 Å². The normalized spacial score (nSPS) is 14.8. The van der Waals surface area contributed by atoms with Crippen LogP contribution in [0, 0.1) is 12.7 Å². The van der Waals surface area contributed by atoms with Crippen molar-refractivity contribution < 1.29 is 14.0 Å². The number of aryl methyl sites for hydroxylation is 1. The van der Waals surface area contributed by atoms with Crippen LogP contribution >= 0.6 is 0 Å². The van der Waals surface area contributed by atoms with E-state index in [1.165, 1.54) is 21.8 Å². The topological polar surface area (TPSA) is 93.0 Å². The van der Waals surface area contributed by atoms with Gasteiger partial charge in [-0.25, -0.2) is 4.39 Å². The van der Waals surface area contributed by atoms with E-state index >= 15 is 0 Å². The summed E-state index contributed by atoms with van der Waals surface area (Å²) in [6.45, 7) is 3.47. The molecule has 8 nitrogen and oxygen atoms in total. The summed E-state index contributed by atoms with van der Waals surface area (Å²) in [6, 6.07) is 12.6. The lowest BCUT2D eigenvalue weighted by Crippen LogP contribution is -2.51. The molecule has 1 saturated carbocycles. The van der Waals surface area contributed by atoms with E-state index in [0.29, 0.717) is 11.3 Å². The Hall–Kier alpha value is -3.62. The molecule has 2 amide bonds. The molecule has 0 bridgehead atoms. The second kappa shape index (κ2) is 9.89. The van der Waals surface area contributed by atoms with E-state index in [2.05, 4.69) is 20.7 Å². The zero-order valence-corrected chi connectivity index (χ0v) is 18.7. The van der Waals surface area contributed by atoms with Gasteiger partial charge in [0.15, 0.2) is 0 Å². The molecule has 0 spiro atoms. The van der Waals surface area contributed by atoms with Crippen molar-refractivity contribution in [1.82, 2.24) is 25.5 Å². The third kappa shape index (κ3) is 5.42. The van der Waals surface area contributed by atoms with Crippen LogP contribution in [-0.4, -0.2) is 44.1 Å². The van der Waals surface area contributed by atoms with Crippen LogP contribution in [-0.2, 0) is 16.1 Å². The third-order valence-electron chi connectivity index (χ3n) is 5.85. The Morgan fingerprint density at radius 3 is 2.61 bits per heavy atom. The third-order valence-corrected chi connectivity index (χ3v) is 5.85. The maximum absolute atomic E-state index is 13.4. The molecule has 1 aromatic heterocycles. The van der Waals surface area contributed by atoms with Crippen LogP contribution in [0.4, 0.5) is 10.1 Å². The number of aromatic nitrogens is 4. The van der Waals surface area contributed by atoms with Crippen molar-refractivity contribution in [3.8, 4) is 11.4 Å². The van der Waals surface area contributed by atoms with E-state index < -0.39 is 6.04 Å². The Morgan fingerprint density at radius 2 is 1.91 bits per heavy atom. The van der Waals surface area contributed by atoms with Gasteiger partial charge in [-0.1, -0.05) is 25.0 Å². The standard InChI is InChI=1S/C24H27FN6O2/c1-16-6-5-9-21(14-16)31(17(2)24(33)26-20-7-3-4-8-20)22(32)15-30-28-23(27-29-30)18-10-12-19(25)13-11-18/h5-6,9-14,17,20H,3-4,7-8,15H2,1-2H3,(H,26,33)/t17-/m0/s1. The SMILES string of the molecule is Cc1cccc(N(C(=O)Cn2nnc(-c3ccc(F)cc3)n2)[C@@H](C)C(=O)NC2CCCC2)c1. The maximum atomic E-state index is 13.4. The molecule has 4 rings (SSSR count). The van der Waals surface area contributed by atoms with Gasteiger partial charge in [0.05, 0.1) is 0 Å². The van der Waals surface area contributed by atoms with Crippen molar-refractivity contribution in [2.45, 2.75) is 58.2 Å². The molecule has 0 unspecified atom stereocenters. The summed E-state index contributed by atoms with van der Waals surface area (Å²) in [4.78, 5) is 29.0. The highest BCUT2D eigenvalue weighted by Crippen LogP contribution is 2.22. The smallest absolute Gasteiger partial charge is 0.251 e. The van der Waals surface area contributed by atoms with Gasteiger partial charge in [-0.3, -0.25) is 14.5 Å². The van der Waals surface area contributed by atoms with Gasteiger partial charge in [-0.05, 0) is 73.9 Å². The zero-order valence-electron chi connectivity index (χ0n) is 18.7. The number of anilines is 1. The Balaban J connectivity index is 1.54. The summed E-state index contributed by atoms with van der Waals surface area (Å²) >= 11 is 0. The molecular weight excluding hydrogens is 423 g/mol. The van der Waals surface area contributed by atoms with Gasteiger partial charge in [0.1, 0.15) is 18.4 Å². The number of rotatable bonds is 7. The number of hydrogen-bond acceptors (Lipinski definition) is 5. The summed E-state index contributed by atoms with van der Waals surface area (Å²) < 4.78 is 13.2. The average Bonchev–Trinajstić information content (AvgIpc) is 3.47. The van der Waals surface area contributed by atoms with Gasteiger partial charge in [0, 0.05) is 17.3 Å². The lowest BCUT2D eigenvalue weighted by atomic mass is 10.1. The largest absolute Gasteiger partial charge is 0.352 e. The fourth-order valence-corrected chi connectivity index (χ4v) is 4.09. The van der Waals surface area contributed by atoms with Crippen LogP contribution in [0.25, 0.3) is 11.4 Å². The predicted molar refractivity (Wildman–Crippen MR) is 122 cm³/mol. The molecule has 0 aliphatic heterocycles. The number of nitrogens with one attached hydrogen (secondary N) is 1. The van der Waals surface area contributed by atoms with Crippen molar-refractivity contribution in [2.24, 2.45) is 0 Å². The van der Waals surface area contributed by atoms with Crippen LogP contribution < -0.4 is 10.2 Å². The first-order chi connectivity index (χ1) is 15.9. The van der Waals surface area contributed by atoms with Gasteiger partial charge in [-0.2, -0.15) is 4.80 Å². The molecule has 1 aliphatic rings. The summed E-state index contributed by atoms with van der Waals surface area (Å²) in [5.41, 5.74) is 2.20. The highest BCUT2D eigenvalue weighted by atomic mass is 19.1. The minimum Gasteiger partial charge on any atom is -0.352 e. The van der Waals surface area contributed by atoms with Gasteiger partial charge < -0.3 is 5.32 Å². The fourth-order valence-electron chi connectivity index (χ4n) is 4.09. The molecule has 1 heterocycles. The number of benzene rings is 2. The minimum absolute atomic E-state index is 0.157. The second-order valence-corrected chi connectivity index (χ2v) is 8.42. The highest BCUT2D eigenvalue weighted by molar-refractivity contribution is 6.00. The highest BCUT2D eigenvalue weighted by Gasteiger charge is 2.30. The number of hydrogen-bond donors (Lipinski definition) is 1. The molecule has 1 atom stereocenters. The molecule has 0 radical (unpaired) electrons. The predicted octanol–water partition coefficient (Wildman–Crippen LogP) is 3.27. The molecule has 3 aromatic rings. The van der Waals surface area contributed by atoms with Crippen LogP contribution in [0.1, 0.15) is 38.2 Å². The Kier molecular flexibility index (Phi) is 6.76. The molecule has 2 aromatic carbocycles. The summed E-state index contributed by atoms with van der Waals surface area (Å²) in [5.74, 6) is -0.593. The van der Waals surface area contributed by atoms with Crippen molar-refractivity contribution >= 4 is 17.5 Å². The number of amides is 2. The van der Waals surface area contributed by atoms with Gasteiger partial charge >= 0.3 is 0 Å². The molecule has 33 heavy (non-hydrogen) atoms. The van der Waals surface area contributed by atoms with Gasteiger partial charge in [0.25, 0.3) is 5.91 Å². The molecule has 1 fully saturated rings. The van der Waals surface area contributed by atoms with E-state index in [0.717, 1.165) is 31.2 Å². The molecule has 9 heteroatoms. The maximum Gasteiger partial charge on any atom is 0.251 e. The van der Waals surface area contributed by atoms with Crippen molar-refractivity contribution in [3.05, 3.63) is 59.9 Å². The monoisotopic (exact) mass is 450 g/mol. The van der Waals surface area contributed by atoms with Crippen LogP contribution in [0.5, 0.6) is 0 Å². The zero-order chi connectivity index (χ0) is 23.4. The summed E-state index contributed by atoms with van der Waals surface area (Å²) in [6.07, 6.45) is 4.14. The first-order valence-corrected chi connectivity index (χ1v) is 11.1. The van der Waals surface area contributed by atoms with Crippen molar-refractivity contribution in [2.75, 3.05) is 4.90 Å². The molecule has 172 valence electrons. The van der Waals surface area contributed by atoms with Crippen molar-refractivity contribution in [1.29, 1.82) is 0 Å². The first kappa shape index (κ1) is 22.6. The number of nitrogens with zero attached hydrogens (tertiary/aromatic N) is 5. The number of halogens is 1. The van der Waals surface area contributed by atoms with Crippen LogP contribution in [0.15, 0.2) is 48.5 Å². The van der Waals surface area contributed by atoms with Gasteiger partial charge in [-0.15, -0.1) is 10.2 Å². The Bertz CT molecular complexity index is 1120. The second-order valence-electron chi connectivity index (χ2n) is 8.42. The Labute approximate surface area is 191 Å². The van der Waals surface area contributed by atoms with E-state index in [9.17, 15) is 14.0 Å². The van der Waals surface area contributed by atoms with Gasteiger partial charge in [0.2, 0.25) is 11.7 Å². The Morgan fingerprint density at radius 1 is 1.18 bits per heavy atom. The van der Waals surface area contributed by atoms with Crippen molar-refractivity contribution in [3.63, 3.8) is 0 Å². The van der Waals surface area contributed by atoms with E-state index in [1.54, 1.807) is 19.1 Å². The number of carbonyl (C=O) groups is 2. The number of carbonyl (C=O) groups excluding carboxylic acids is 2. The van der Waals surface area contributed by atoms with E-state index in [4.69, 9.17) is 0 Å². The molecule has 1 N–H and O–H groups in total. The van der Waals surface area contributed by atoms with Crippen LogP contribution in [0.2, 0.25) is 0 Å². The summed E-state index contributed by atoms with van der Waals surface area (Å²) in [5, 5.41) is 15.3.